The van der Waals surface area contributed by atoms with Gasteiger partial charge in [0.15, 0.2) is 11.6 Å². The molecule has 3 rings (SSSR count). The molecule has 0 bridgehead atoms. The van der Waals surface area contributed by atoms with E-state index in [1.807, 2.05) is 12.1 Å². The van der Waals surface area contributed by atoms with Gasteiger partial charge in [0, 0.05) is 0 Å². The van der Waals surface area contributed by atoms with E-state index in [9.17, 15) is 9.18 Å². The average Bonchev–Trinajstić information content (AvgIpc) is 2.88. The summed E-state index contributed by atoms with van der Waals surface area (Å²) < 4.78 is 25.3. The number of halogens is 1. The van der Waals surface area contributed by atoms with Crippen molar-refractivity contribution in [1.82, 2.24) is 0 Å². The van der Waals surface area contributed by atoms with Gasteiger partial charge in [-0.05, 0) is 66.3 Å². The average molecular weight is 477 g/mol. The Morgan fingerprint density at radius 1 is 0.743 bits per heavy atom. The van der Waals surface area contributed by atoms with Gasteiger partial charge in [-0.2, -0.15) is 0 Å². The maximum atomic E-state index is 14.4. The molecule has 0 unspecified atom stereocenters. The maximum Gasteiger partial charge on any atom is 0.343 e. The van der Waals surface area contributed by atoms with Crippen LogP contribution in [0.15, 0.2) is 66.7 Å². The standard InChI is InChI=1S/C31H37FO3/c1-3-5-7-9-11-24-12-14-25(15-13-24)26-16-19-28(20-17-26)35-31(33)27-18-21-30(29(32)23-27)34-22-10-8-6-4-2/h12-21,23H,3-11,22H2,1-2H3. The fourth-order valence-corrected chi connectivity index (χ4v) is 3.96. The first-order chi connectivity index (χ1) is 17.1. The Labute approximate surface area is 209 Å². The molecule has 35 heavy (non-hydrogen) atoms. The van der Waals surface area contributed by atoms with Gasteiger partial charge in [0.25, 0.3) is 0 Å². The van der Waals surface area contributed by atoms with E-state index in [1.165, 1.54) is 49.4 Å². The maximum absolute atomic E-state index is 14.4. The molecular formula is C31H37FO3. The lowest BCUT2D eigenvalue weighted by molar-refractivity contribution is 0.0734. The highest BCUT2D eigenvalue weighted by molar-refractivity contribution is 5.91. The van der Waals surface area contributed by atoms with Gasteiger partial charge in [-0.1, -0.05) is 88.8 Å². The van der Waals surface area contributed by atoms with Crippen molar-refractivity contribution in [3.8, 4) is 22.6 Å². The largest absolute Gasteiger partial charge is 0.491 e. The summed E-state index contributed by atoms with van der Waals surface area (Å²) in [6, 6.07) is 20.2. The van der Waals surface area contributed by atoms with Gasteiger partial charge < -0.3 is 9.47 Å². The zero-order valence-electron chi connectivity index (χ0n) is 21.0. The molecule has 0 radical (unpaired) electrons. The van der Waals surface area contributed by atoms with Crippen LogP contribution in [0.25, 0.3) is 11.1 Å². The fraction of sp³-hybridized carbons (Fsp3) is 0.387. The molecular weight excluding hydrogens is 439 g/mol. The van der Waals surface area contributed by atoms with Crippen LogP contribution in [-0.2, 0) is 6.42 Å². The van der Waals surface area contributed by atoms with Crippen LogP contribution in [0.2, 0.25) is 0 Å². The molecule has 3 nitrogen and oxygen atoms in total. The van der Waals surface area contributed by atoms with Crippen LogP contribution in [-0.4, -0.2) is 12.6 Å². The topological polar surface area (TPSA) is 35.5 Å². The number of benzene rings is 3. The van der Waals surface area contributed by atoms with Crippen molar-refractivity contribution in [2.24, 2.45) is 0 Å². The highest BCUT2D eigenvalue weighted by Crippen LogP contribution is 2.25. The SMILES string of the molecule is CCCCCCOc1ccc(C(=O)Oc2ccc(-c3ccc(CCCCCC)cc3)cc2)cc1F. The van der Waals surface area contributed by atoms with Crippen LogP contribution in [0, 0.1) is 5.82 Å². The molecule has 0 aliphatic rings. The summed E-state index contributed by atoms with van der Waals surface area (Å²) in [7, 11) is 0. The molecule has 0 aliphatic carbocycles. The number of unbranched alkanes of at least 4 members (excludes halogenated alkanes) is 6. The van der Waals surface area contributed by atoms with Gasteiger partial charge in [-0.15, -0.1) is 0 Å². The fourth-order valence-electron chi connectivity index (χ4n) is 3.96. The summed E-state index contributed by atoms with van der Waals surface area (Å²) in [6.45, 7) is 4.83. The van der Waals surface area contributed by atoms with Crippen molar-refractivity contribution in [3.05, 3.63) is 83.7 Å². The van der Waals surface area contributed by atoms with E-state index in [4.69, 9.17) is 9.47 Å². The molecule has 4 heteroatoms. The summed E-state index contributed by atoms with van der Waals surface area (Å²) >= 11 is 0. The second kappa shape index (κ2) is 14.3. The first-order valence-corrected chi connectivity index (χ1v) is 12.9. The second-order valence-electron chi connectivity index (χ2n) is 8.98. The van der Waals surface area contributed by atoms with E-state index >= 15 is 0 Å². The summed E-state index contributed by atoms with van der Waals surface area (Å²) in [5, 5.41) is 0. The van der Waals surface area contributed by atoms with Crippen LogP contribution < -0.4 is 9.47 Å². The first kappa shape index (κ1) is 26.5. The van der Waals surface area contributed by atoms with Gasteiger partial charge in [0.1, 0.15) is 5.75 Å². The quantitative estimate of drug-likeness (QED) is 0.132. The lowest BCUT2D eigenvalue weighted by atomic mass is 10.0. The minimum atomic E-state index is -0.599. The van der Waals surface area contributed by atoms with E-state index < -0.39 is 11.8 Å². The first-order valence-electron chi connectivity index (χ1n) is 12.9. The van der Waals surface area contributed by atoms with Crippen molar-refractivity contribution in [2.45, 2.75) is 71.6 Å². The number of esters is 1. The number of carbonyl (C=O) groups is 1. The Balaban J connectivity index is 1.52. The Morgan fingerprint density at radius 3 is 2.00 bits per heavy atom. The smallest absolute Gasteiger partial charge is 0.343 e. The van der Waals surface area contributed by atoms with Crippen molar-refractivity contribution in [3.63, 3.8) is 0 Å². The van der Waals surface area contributed by atoms with E-state index in [0.29, 0.717) is 12.4 Å². The van der Waals surface area contributed by atoms with Crippen LogP contribution in [0.5, 0.6) is 11.5 Å². The summed E-state index contributed by atoms with van der Waals surface area (Å²) in [4.78, 5) is 12.5. The summed E-state index contributed by atoms with van der Waals surface area (Å²) in [5.74, 6) is -0.574. The minimum absolute atomic E-state index is 0.152. The normalized spacial score (nSPS) is 10.8. The number of hydrogen-bond acceptors (Lipinski definition) is 3. The monoisotopic (exact) mass is 476 g/mol. The van der Waals surface area contributed by atoms with E-state index in [2.05, 4.69) is 38.1 Å². The number of rotatable bonds is 14. The number of ether oxygens (including phenoxy) is 2. The third kappa shape index (κ3) is 8.54. The summed E-state index contributed by atoms with van der Waals surface area (Å²) in [5.41, 5.74) is 3.68. The Bertz CT molecular complexity index is 1040. The summed E-state index contributed by atoms with van der Waals surface area (Å²) in [6.07, 6.45) is 10.4. The highest BCUT2D eigenvalue weighted by atomic mass is 19.1. The highest BCUT2D eigenvalue weighted by Gasteiger charge is 2.13. The van der Waals surface area contributed by atoms with E-state index in [1.54, 1.807) is 12.1 Å². The van der Waals surface area contributed by atoms with Crippen molar-refractivity contribution < 1.29 is 18.7 Å². The molecule has 0 N–H and O–H groups in total. The molecule has 0 heterocycles. The molecule has 186 valence electrons. The Morgan fingerprint density at radius 2 is 1.37 bits per heavy atom. The van der Waals surface area contributed by atoms with Crippen molar-refractivity contribution in [1.29, 1.82) is 0 Å². The minimum Gasteiger partial charge on any atom is -0.491 e. The Kier molecular flexibility index (Phi) is 10.8. The zero-order chi connectivity index (χ0) is 24.9. The number of aryl methyl sites for hydroxylation is 1. The Hall–Kier alpha value is -3.14. The molecule has 0 aromatic heterocycles. The predicted molar refractivity (Wildman–Crippen MR) is 141 cm³/mol. The van der Waals surface area contributed by atoms with E-state index in [0.717, 1.165) is 43.2 Å². The number of hydrogen-bond donors (Lipinski definition) is 0. The van der Waals surface area contributed by atoms with Gasteiger partial charge >= 0.3 is 5.97 Å². The van der Waals surface area contributed by atoms with Crippen LogP contribution >= 0.6 is 0 Å². The van der Waals surface area contributed by atoms with Crippen LogP contribution in [0.4, 0.5) is 4.39 Å². The molecule has 0 spiro atoms. The van der Waals surface area contributed by atoms with Crippen molar-refractivity contribution in [2.75, 3.05) is 6.61 Å². The zero-order valence-corrected chi connectivity index (χ0v) is 21.0. The van der Waals surface area contributed by atoms with Crippen molar-refractivity contribution >= 4 is 5.97 Å². The second-order valence-corrected chi connectivity index (χ2v) is 8.98. The van der Waals surface area contributed by atoms with Gasteiger partial charge in [0.2, 0.25) is 0 Å². The van der Waals surface area contributed by atoms with Crippen LogP contribution in [0.3, 0.4) is 0 Å². The third-order valence-electron chi connectivity index (χ3n) is 6.09. The molecule has 3 aromatic carbocycles. The lowest BCUT2D eigenvalue weighted by Crippen LogP contribution is -2.09. The molecule has 0 saturated heterocycles. The van der Waals surface area contributed by atoms with Gasteiger partial charge in [-0.25, -0.2) is 9.18 Å². The predicted octanol–water partition coefficient (Wildman–Crippen LogP) is 8.79. The third-order valence-corrected chi connectivity index (χ3v) is 6.09. The van der Waals surface area contributed by atoms with Crippen LogP contribution in [0.1, 0.15) is 81.1 Å². The molecule has 0 fully saturated rings. The van der Waals surface area contributed by atoms with Gasteiger partial charge in [-0.3, -0.25) is 0 Å². The molecule has 3 aromatic rings. The van der Waals surface area contributed by atoms with Gasteiger partial charge in [0.05, 0.1) is 12.2 Å². The molecule has 0 saturated carbocycles. The molecule has 0 amide bonds. The lowest BCUT2D eigenvalue weighted by Gasteiger charge is -2.09. The number of carbonyl (C=O) groups excluding carboxylic acids is 1. The molecule has 0 atom stereocenters. The van der Waals surface area contributed by atoms with E-state index in [-0.39, 0.29) is 11.3 Å². The molecule has 0 aliphatic heterocycles.